The lowest BCUT2D eigenvalue weighted by molar-refractivity contribution is -0.133. The predicted octanol–water partition coefficient (Wildman–Crippen LogP) is 2.26. The van der Waals surface area contributed by atoms with Crippen LogP contribution in [0.5, 0.6) is 17.2 Å². The average molecular weight is 425 g/mol. The van der Waals surface area contributed by atoms with Crippen LogP contribution >= 0.6 is 0 Å². The van der Waals surface area contributed by atoms with Crippen molar-refractivity contribution in [3.05, 3.63) is 48.0 Å². The van der Waals surface area contributed by atoms with Gasteiger partial charge < -0.3 is 24.8 Å². The first-order valence-electron chi connectivity index (χ1n) is 9.97. The summed E-state index contributed by atoms with van der Waals surface area (Å²) in [4.78, 5) is 39.0. The Labute approximate surface area is 179 Å². The molecule has 2 aromatic carbocycles. The second-order valence-electron chi connectivity index (χ2n) is 7.31. The Balaban J connectivity index is 1.46. The second-order valence-corrected chi connectivity index (χ2v) is 7.31. The predicted molar refractivity (Wildman–Crippen MR) is 111 cm³/mol. The molecular weight excluding hydrogens is 402 g/mol. The van der Waals surface area contributed by atoms with Gasteiger partial charge in [0.15, 0.2) is 11.5 Å². The van der Waals surface area contributed by atoms with Gasteiger partial charge in [-0.05, 0) is 55.8 Å². The van der Waals surface area contributed by atoms with Crippen molar-refractivity contribution in [2.75, 3.05) is 31.7 Å². The molecule has 0 aromatic heterocycles. The van der Waals surface area contributed by atoms with Crippen LogP contribution in [-0.4, -0.2) is 49.1 Å². The summed E-state index contributed by atoms with van der Waals surface area (Å²) in [7, 11) is 0. The van der Waals surface area contributed by atoms with Gasteiger partial charge >= 0.3 is 6.03 Å². The largest absolute Gasteiger partial charge is 0.494 e. The van der Waals surface area contributed by atoms with Crippen LogP contribution in [0, 0.1) is 0 Å². The van der Waals surface area contributed by atoms with Gasteiger partial charge in [0.05, 0.1) is 6.61 Å². The number of anilines is 1. The van der Waals surface area contributed by atoms with E-state index in [-0.39, 0.29) is 0 Å². The Morgan fingerprint density at radius 3 is 2.55 bits per heavy atom. The Morgan fingerprint density at radius 2 is 1.84 bits per heavy atom. The quantitative estimate of drug-likeness (QED) is 0.688. The first kappa shape index (κ1) is 20.5. The molecule has 0 saturated carbocycles. The SMILES string of the molecule is CCOc1ccc(NC(=O)CN2C(=O)NC(C)(c3ccc4c(c3)OCCO4)C2=O)cc1. The Kier molecular flexibility index (Phi) is 5.41. The summed E-state index contributed by atoms with van der Waals surface area (Å²) in [5, 5.41) is 5.37. The van der Waals surface area contributed by atoms with Crippen molar-refractivity contribution in [1.29, 1.82) is 0 Å². The molecule has 2 aromatic rings. The van der Waals surface area contributed by atoms with E-state index in [0.29, 0.717) is 48.3 Å². The Hall–Kier alpha value is -3.75. The zero-order valence-corrected chi connectivity index (χ0v) is 17.3. The number of rotatable bonds is 6. The molecule has 1 atom stereocenters. The molecule has 0 radical (unpaired) electrons. The molecule has 9 nitrogen and oxygen atoms in total. The summed E-state index contributed by atoms with van der Waals surface area (Å²) in [5.41, 5.74) is -0.230. The second kappa shape index (κ2) is 8.17. The van der Waals surface area contributed by atoms with E-state index in [0.717, 1.165) is 4.90 Å². The molecule has 0 aliphatic carbocycles. The molecule has 4 amide bonds. The number of carbonyl (C=O) groups excluding carboxylic acids is 3. The molecule has 2 heterocycles. The summed E-state index contributed by atoms with van der Waals surface area (Å²) < 4.78 is 16.4. The monoisotopic (exact) mass is 425 g/mol. The number of urea groups is 1. The van der Waals surface area contributed by atoms with Crippen molar-refractivity contribution in [2.45, 2.75) is 19.4 Å². The number of ether oxygens (including phenoxy) is 3. The highest BCUT2D eigenvalue weighted by Gasteiger charge is 2.49. The van der Waals surface area contributed by atoms with Crippen LogP contribution < -0.4 is 24.8 Å². The number of hydrogen-bond donors (Lipinski definition) is 2. The van der Waals surface area contributed by atoms with Gasteiger partial charge in [-0.2, -0.15) is 0 Å². The van der Waals surface area contributed by atoms with Crippen molar-refractivity contribution >= 4 is 23.5 Å². The van der Waals surface area contributed by atoms with Crippen LogP contribution in [-0.2, 0) is 15.1 Å². The molecule has 9 heteroatoms. The summed E-state index contributed by atoms with van der Waals surface area (Å²) in [6.07, 6.45) is 0. The van der Waals surface area contributed by atoms with Crippen molar-refractivity contribution in [2.24, 2.45) is 0 Å². The first-order valence-corrected chi connectivity index (χ1v) is 9.97. The minimum Gasteiger partial charge on any atom is -0.494 e. The van der Waals surface area contributed by atoms with E-state index in [4.69, 9.17) is 14.2 Å². The van der Waals surface area contributed by atoms with Gasteiger partial charge in [0, 0.05) is 5.69 Å². The van der Waals surface area contributed by atoms with E-state index in [1.54, 1.807) is 49.4 Å². The number of nitrogens with zero attached hydrogens (tertiary/aromatic N) is 1. The van der Waals surface area contributed by atoms with Crippen LogP contribution in [0.4, 0.5) is 10.5 Å². The maximum Gasteiger partial charge on any atom is 0.325 e. The van der Waals surface area contributed by atoms with Gasteiger partial charge in [0.2, 0.25) is 5.91 Å². The molecule has 2 N–H and O–H groups in total. The molecule has 0 bridgehead atoms. The number of carbonyl (C=O) groups is 3. The molecule has 1 fully saturated rings. The standard InChI is InChI=1S/C22H23N3O6/c1-3-29-16-7-5-15(6-8-16)23-19(26)13-25-20(27)22(2,24-21(25)28)14-4-9-17-18(12-14)31-11-10-30-17/h4-9,12H,3,10-11,13H2,1-2H3,(H,23,26)(H,24,28). The average Bonchev–Trinajstić information content (AvgIpc) is 2.99. The van der Waals surface area contributed by atoms with E-state index < -0.39 is 29.9 Å². The molecule has 162 valence electrons. The number of benzene rings is 2. The van der Waals surface area contributed by atoms with E-state index in [1.165, 1.54) is 0 Å². The van der Waals surface area contributed by atoms with E-state index in [9.17, 15) is 14.4 Å². The summed E-state index contributed by atoms with van der Waals surface area (Å²) in [6.45, 7) is 4.48. The van der Waals surface area contributed by atoms with Crippen molar-refractivity contribution in [3.8, 4) is 17.2 Å². The highest BCUT2D eigenvalue weighted by atomic mass is 16.6. The number of hydrogen-bond acceptors (Lipinski definition) is 6. The highest BCUT2D eigenvalue weighted by molar-refractivity contribution is 6.10. The smallest absolute Gasteiger partial charge is 0.325 e. The van der Waals surface area contributed by atoms with Gasteiger partial charge in [-0.3, -0.25) is 14.5 Å². The Bertz CT molecular complexity index is 1020. The van der Waals surface area contributed by atoms with Crippen molar-refractivity contribution in [1.82, 2.24) is 10.2 Å². The van der Waals surface area contributed by atoms with Crippen LogP contribution in [0.15, 0.2) is 42.5 Å². The van der Waals surface area contributed by atoms with Crippen molar-refractivity contribution < 1.29 is 28.6 Å². The maximum atomic E-state index is 13.1. The van der Waals surface area contributed by atoms with E-state index in [1.807, 2.05) is 6.92 Å². The molecule has 1 saturated heterocycles. The molecule has 4 rings (SSSR count). The fourth-order valence-corrected chi connectivity index (χ4v) is 3.54. The van der Waals surface area contributed by atoms with Gasteiger partial charge in [0.1, 0.15) is 31.0 Å². The summed E-state index contributed by atoms with van der Waals surface area (Å²) in [5.74, 6) is 0.778. The third kappa shape index (κ3) is 3.98. The lowest BCUT2D eigenvalue weighted by atomic mass is 9.91. The van der Waals surface area contributed by atoms with Gasteiger partial charge in [-0.25, -0.2) is 4.79 Å². The molecule has 31 heavy (non-hydrogen) atoms. The van der Waals surface area contributed by atoms with Gasteiger partial charge in [-0.1, -0.05) is 6.07 Å². The maximum absolute atomic E-state index is 13.1. The molecule has 2 aliphatic heterocycles. The van der Waals surface area contributed by atoms with Crippen molar-refractivity contribution in [3.63, 3.8) is 0 Å². The summed E-state index contributed by atoms with van der Waals surface area (Å²) >= 11 is 0. The van der Waals surface area contributed by atoms with E-state index in [2.05, 4.69) is 10.6 Å². The third-order valence-corrected chi connectivity index (χ3v) is 5.15. The number of fused-ring (bicyclic) bond motifs is 1. The Morgan fingerprint density at radius 1 is 1.13 bits per heavy atom. The molecule has 0 spiro atoms. The molecule has 2 aliphatic rings. The van der Waals surface area contributed by atoms with Crippen LogP contribution in [0.2, 0.25) is 0 Å². The van der Waals surface area contributed by atoms with Crippen LogP contribution in [0.3, 0.4) is 0 Å². The van der Waals surface area contributed by atoms with Gasteiger partial charge in [0.25, 0.3) is 5.91 Å². The lowest BCUT2D eigenvalue weighted by Gasteiger charge is -2.25. The fourth-order valence-electron chi connectivity index (χ4n) is 3.54. The number of amides is 4. The molecular formula is C22H23N3O6. The minimum absolute atomic E-state index is 0.405. The zero-order chi connectivity index (χ0) is 22.0. The fraction of sp³-hybridized carbons (Fsp3) is 0.318. The number of nitrogens with one attached hydrogen (secondary N) is 2. The first-order chi connectivity index (χ1) is 14.9. The topological polar surface area (TPSA) is 106 Å². The minimum atomic E-state index is -1.31. The normalized spacial score (nSPS) is 19.7. The van der Waals surface area contributed by atoms with Crippen LogP contribution in [0.1, 0.15) is 19.4 Å². The highest BCUT2D eigenvalue weighted by Crippen LogP contribution is 2.36. The number of imide groups is 1. The van der Waals surface area contributed by atoms with Gasteiger partial charge in [-0.15, -0.1) is 0 Å². The lowest BCUT2D eigenvalue weighted by Crippen LogP contribution is -2.42. The summed E-state index contributed by atoms with van der Waals surface area (Å²) in [6, 6.07) is 11.3. The molecule has 1 unspecified atom stereocenters. The third-order valence-electron chi connectivity index (χ3n) is 5.15. The van der Waals surface area contributed by atoms with Crippen LogP contribution in [0.25, 0.3) is 0 Å². The van der Waals surface area contributed by atoms with E-state index >= 15 is 0 Å². The zero-order valence-electron chi connectivity index (χ0n) is 17.3.